The smallest absolute Gasteiger partial charge is 0.252 e. The first-order chi connectivity index (χ1) is 34.0. The van der Waals surface area contributed by atoms with Crippen molar-refractivity contribution in [1.29, 1.82) is 0 Å². The first-order valence-corrected chi connectivity index (χ1v) is 25.0. The summed E-state index contributed by atoms with van der Waals surface area (Å²) >= 11 is 0. The van der Waals surface area contributed by atoms with E-state index in [0.29, 0.717) is 0 Å². The van der Waals surface area contributed by atoms with Gasteiger partial charge in [0.15, 0.2) is 0 Å². The molecule has 0 bridgehead atoms. The van der Waals surface area contributed by atoms with Crippen molar-refractivity contribution in [3.8, 4) is 17.1 Å². The van der Waals surface area contributed by atoms with Crippen LogP contribution in [0.1, 0.15) is 52.7 Å². The van der Waals surface area contributed by atoms with Gasteiger partial charge in [-0.25, -0.2) is 0 Å². The third-order valence-electron chi connectivity index (χ3n) is 16.6. The maximum Gasteiger partial charge on any atom is 0.252 e. The van der Waals surface area contributed by atoms with Gasteiger partial charge in [-0.2, -0.15) is 0 Å². The van der Waals surface area contributed by atoms with E-state index in [4.69, 9.17) is 0 Å². The molecule has 2 aliphatic heterocycles. The van der Waals surface area contributed by atoms with Crippen molar-refractivity contribution < 1.29 is 0 Å². The molecule has 4 heteroatoms. The number of benzene rings is 11. The van der Waals surface area contributed by atoms with Crippen LogP contribution in [0.25, 0.3) is 126 Å². The predicted molar refractivity (Wildman–Crippen MR) is 302 cm³/mol. The van der Waals surface area contributed by atoms with Gasteiger partial charge >= 0.3 is 0 Å². The molecule has 11 aromatic carbocycles. The standard InChI is InChI=1S/C66H48BN3/c1-65(2,3)41-25-29-52-48(33-41)49-34-42(66(4,5)6)26-30-53(49)68(52)43-35-56-62-57(36-43)70-55-28-24-38-16-8-12-20-45(38)59(55)61-47-22-14-10-18-40(47)32-51(64(61)70)67(62)50-31-39-17-9-13-21-46(39)60-58-44-19-11-7-15-37(44)23-27-54(58)69(56)63(50)60/h7-36H,1-6H3. The van der Waals surface area contributed by atoms with Crippen LogP contribution >= 0.6 is 0 Å². The second-order valence-corrected chi connectivity index (χ2v) is 22.5. The van der Waals surface area contributed by atoms with Gasteiger partial charge in [-0.1, -0.05) is 175 Å². The Kier molecular flexibility index (Phi) is 7.19. The van der Waals surface area contributed by atoms with Crippen LogP contribution in [0.2, 0.25) is 0 Å². The van der Waals surface area contributed by atoms with Crippen LogP contribution in [-0.4, -0.2) is 20.4 Å². The second kappa shape index (κ2) is 13.0. The number of hydrogen-bond acceptors (Lipinski definition) is 0. The van der Waals surface area contributed by atoms with Crippen molar-refractivity contribution in [3.05, 3.63) is 193 Å². The first kappa shape index (κ1) is 38.8. The van der Waals surface area contributed by atoms with E-state index in [1.807, 2.05) is 0 Å². The second-order valence-electron chi connectivity index (χ2n) is 22.5. The van der Waals surface area contributed by atoms with Crippen molar-refractivity contribution in [1.82, 2.24) is 13.7 Å². The SMILES string of the molecule is CC(C)(C)c1ccc2c(c1)c1cc(C(C)(C)C)ccc1n2-c1cc2c3c(c1)-n1c4ccc5ccccc5c4c4c5ccccc5cc(c41)B3c1cc3ccccc3c3c4c5ccccc5ccc4n-2c13. The van der Waals surface area contributed by atoms with Gasteiger partial charge < -0.3 is 13.7 Å². The summed E-state index contributed by atoms with van der Waals surface area (Å²) in [5.41, 5.74) is 18.0. The van der Waals surface area contributed by atoms with Gasteiger partial charge in [0, 0.05) is 43.7 Å². The molecule has 330 valence electrons. The van der Waals surface area contributed by atoms with Gasteiger partial charge in [0.2, 0.25) is 0 Å². The van der Waals surface area contributed by atoms with Crippen molar-refractivity contribution >= 4 is 132 Å². The molecule has 0 unspecified atom stereocenters. The summed E-state index contributed by atoms with van der Waals surface area (Å²) in [6.07, 6.45) is 0. The number of fused-ring (bicyclic) bond motifs is 21. The summed E-state index contributed by atoms with van der Waals surface area (Å²) in [5, 5.41) is 18.2. The summed E-state index contributed by atoms with van der Waals surface area (Å²) in [5.74, 6) is 0. The van der Waals surface area contributed by atoms with E-state index in [2.05, 4.69) is 237 Å². The molecule has 0 aliphatic carbocycles. The number of rotatable bonds is 1. The van der Waals surface area contributed by atoms with Crippen LogP contribution in [0, 0.1) is 0 Å². The normalized spacial score (nSPS) is 13.5. The maximum absolute atomic E-state index is 2.67. The summed E-state index contributed by atoms with van der Waals surface area (Å²) < 4.78 is 7.92. The van der Waals surface area contributed by atoms with Crippen LogP contribution in [0.4, 0.5) is 0 Å². The predicted octanol–water partition coefficient (Wildman–Crippen LogP) is 15.3. The zero-order valence-corrected chi connectivity index (χ0v) is 40.2. The molecular weight excluding hydrogens is 846 g/mol. The molecule has 0 atom stereocenters. The van der Waals surface area contributed by atoms with Crippen molar-refractivity contribution in [2.24, 2.45) is 0 Å². The van der Waals surface area contributed by atoms with Gasteiger partial charge in [0.25, 0.3) is 6.71 Å². The zero-order chi connectivity index (χ0) is 46.7. The Hall–Kier alpha value is -8.08. The van der Waals surface area contributed by atoms with Crippen LogP contribution in [0.3, 0.4) is 0 Å². The fourth-order valence-electron chi connectivity index (χ4n) is 13.4. The average molecular weight is 894 g/mol. The minimum absolute atomic E-state index is 0.000425. The Morgan fingerprint density at radius 1 is 0.329 bits per heavy atom. The fraction of sp³-hybridized carbons (Fsp3) is 0.121. The molecule has 3 aromatic heterocycles. The van der Waals surface area contributed by atoms with Crippen LogP contribution in [0.15, 0.2) is 182 Å². The number of aromatic nitrogens is 3. The van der Waals surface area contributed by atoms with E-state index < -0.39 is 0 Å². The zero-order valence-electron chi connectivity index (χ0n) is 40.2. The summed E-state index contributed by atoms with van der Waals surface area (Å²) in [6.45, 7) is 14.0. The van der Waals surface area contributed by atoms with Crippen LogP contribution in [-0.2, 0) is 10.8 Å². The highest BCUT2D eigenvalue weighted by atomic mass is 15.1. The number of hydrogen-bond donors (Lipinski definition) is 0. The minimum atomic E-state index is -0.0220. The Bertz CT molecular complexity index is 4440. The van der Waals surface area contributed by atoms with E-state index >= 15 is 0 Å². The van der Waals surface area contributed by atoms with E-state index in [0.717, 1.165) is 0 Å². The molecule has 0 saturated heterocycles. The lowest BCUT2D eigenvalue weighted by molar-refractivity contribution is 0.590. The molecule has 0 radical (unpaired) electrons. The Labute approximate surface area is 405 Å². The van der Waals surface area contributed by atoms with Crippen molar-refractivity contribution in [2.45, 2.75) is 52.4 Å². The van der Waals surface area contributed by atoms with Crippen LogP contribution in [0.5, 0.6) is 0 Å². The number of nitrogens with zero attached hydrogens (tertiary/aromatic N) is 3. The molecule has 0 N–H and O–H groups in total. The van der Waals surface area contributed by atoms with Crippen molar-refractivity contribution in [3.63, 3.8) is 0 Å². The lowest BCUT2D eigenvalue weighted by Crippen LogP contribution is -2.59. The van der Waals surface area contributed by atoms with Gasteiger partial charge in [0.1, 0.15) is 0 Å². The molecule has 0 saturated carbocycles. The topological polar surface area (TPSA) is 14.8 Å². The quantitative estimate of drug-likeness (QED) is 0.146. The third kappa shape index (κ3) is 4.81. The Morgan fingerprint density at radius 3 is 1.14 bits per heavy atom. The third-order valence-corrected chi connectivity index (χ3v) is 16.6. The molecule has 0 amide bonds. The highest BCUT2D eigenvalue weighted by Gasteiger charge is 2.42. The molecule has 3 nitrogen and oxygen atoms in total. The van der Waals surface area contributed by atoms with E-state index in [1.165, 1.54) is 153 Å². The van der Waals surface area contributed by atoms with Gasteiger partial charge in [-0.15, -0.1) is 0 Å². The highest BCUT2D eigenvalue weighted by molar-refractivity contribution is 7.00. The molecule has 70 heavy (non-hydrogen) atoms. The molecule has 5 heterocycles. The largest absolute Gasteiger partial charge is 0.310 e. The monoisotopic (exact) mass is 893 g/mol. The minimum Gasteiger partial charge on any atom is -0.310 e. The van der Waals surface area contributed by atoms with Crippen molar-refractivity contribution in [2.75, 3.05) is 0 Å². The van der Waals surface area contributed by atoms with Gasteiger partial charge in [0.05, 0.1) is 38.8 Å². The Balaban J connectivity index is 1.16. The molecule has 2 aliphatic rings. The maximum atomic E-state index is 2.67. The molecule has 0 fully saturated rings. The fourth-order valence-corrected chi connectivity index (χ4v) is 13.4. The van der Waals surface area contributed by atoms with E-state index in [1.54, 1.807) is 0 Å². The molecule has 0 spiro atoms. The Morgan fingerprint density at radius 2 is 0.714 bits per heavy atom. The summed E-state index contributed by atoms with van der Waals surface area (Å²) in [7, 11) is 0. The molecule has 16 rings (SSSR count). The average Bonchev–Trinajstić information content (AvgIpc) is 4.03. The summed E-state index contributed by atoms with van der Waals surface area (Å²) in [4.78, 5) is 0. The van der Waals surface area contributed by atoms with E-state index in [-0.39, 0.29) is 17.5 Å². The van der Waals surface area contributed by atoms with Crippen LogP contribution < -0.4 is 16.4 Å². The molecular formula is C66H48BN3. The van der Waals surface area contributed by atoms with Gasteiger partial charge in [-0.3, -0.25) is 0 Å². The summed E-state index contributed by atoms with van der Waals surface area (Å²) in [6, 6.07) is 70.4. The highest BCUT2D eigenvalue weighted by Crippen LogP contribution is 2.47. The lowest BCUT2D eigenvalue weighted by Gasteiger charge is -2.34. The lowest BCUT2D eigenvalue weighted by atomic mass is 9.34. The molecule has 14 aromatic rings. The first-order valence-electron chi connectivity index (χ1n) is 25.0. The van der Waals surface area contributed by atoms with E-state index in [9.17, 15) is 0 Å². The van der Waals surface area contributed by atoms with Gasteiger partial charge in [-0.05, 0) is 130 Å².